The molecule has 0 heterocycles. The van der Waals surface area contributed by atoms with E-state index < -0.39 is 0 Å². The molecule has 1 aromatic rings. The van der Waals surface area contributed by atoms with Gasteiger partial charge in [0.25, 0.3) is 0 Å². The fraction of sp³-hybridized carbons (Fsp3) is 0.562. The first-order chi connectivity index (χ1) is 10.0. The highest BCUT2D eigenvalue weighted by Crippen LogP contribution is 2.30. The minimum atomic E-state index is -0.351. The predicted octanol–water partition coefficient (Wildman–Crippen LogP) is 3.36. The number of halogens is 2. The molecule has 2 rings (SSSR count). The van der Waals surface area contributed by atoms with Gasteiger partial charge in [-0.1, -0.05) is 24.6 Å². The Morgan fingerprint density at radius 1 is 1.52 bits per heavy atom. The Bertz CT molecular complexity index is 485. The Hall–Kier alpha value is -1.13. The summed E-state index contributed by atoms with van der Waals surface area (Å²) in [6.07, 6.45) is 2.94. The van der Waals surface area contributed by atoms with Crippen molar-refractivity contribution in [1.29, 1.82) is 0 Å². The molecule has 0 aromatic heterocycles. The number of carbonyl (C=O) groups excluding carboxylic acids is 1. The molecule has 1 aliphatic rings. The van der Waals surface area contributed by atoms with Gasteiger partial charge in [-0.2, -0.15) is 0 Å². The highest BCUT2D eigenvalue weighted by molar-refractivity contribution is 6.31. The maximum Gasteiger partial charge on any atom is 0.237 e. The van der Waals surface area contributed by atoms with Crippen LogP contribution < -0.4 is 5.32 Å². The molecule has 1 aromatic carbocycles. The van der Waals surface area contributed by atoms with Crippen LogP contribution in [0.25, 0.3) is 0 Å². The molecule has 3 nitrogen and oxygen atoms in total. The summed E-state index contributed by atoms with van der Waals surface area (Å²) in [5.74, 6) is -0.340. The van der Waals surface area contributed by atoms with E-state index in [1.807, 2.05) is 6.92 Å². The van der Waals surface area contributed by atoms with Crippen molar-refractivity contribution in [3.05, 3.63) is 34.6 Å². The third kappa shape index (κ3) is 4.42. The standard InChI is InChI=1S/C16H22ClFN2O/c1-3-11(2)19-9-16(21)20(12-7-8-12)10-13-14(17)5-4-6-15(13)18/h4-6,11-12,19H,3,7-10H2,1-2H3. The number of nitrogens with one attached hydrogen (secondary N) is 1. The summed E-state index contributed by atoms with van der Waals surface area (Å²) in [4.78, 5) is 14.1. The van der Waals surface area contributed by atoms with Gasteiger partial charge in [-0.25, -0.2) is 4.39 Å². The fourth-order valence-electron chi connectivity index (χ4n) is 2.17. The molecule has 1 N–H and O–H groups in total. The minimum absolute atomic E-state index is 0.0112. The molecule has 1 fully saturated rings. The lowest BCUT2D eigenvalue weighted by Gasteiger charge is -2.24. The van der Waals surface area contributed by atoms with Crippen LogP contribution >= 0.6 is 11.6 Å². The van der Waals surface area contributed by atoms with Crippen LogP contribution in [0, 0.1) is 5.82 Å². The molecule has 0 spiro atoms. The highest BCUT2D eigenvalue weighted by atomic mass is 35.5. The summed E-state index contributed by atoms with van der Waals surface area (Å²) in [6, 6.07) is 5.15. The molecule has 1 saturated carbocycles. The second kappa shape index (κ2) is 7.23. The van der Waals surface area contributed by atoms with E-state index in [0.29, 0.717) is 16.6 Å². The Morgan fingerprint density at radius 2 is 2.24 bits per heavy atom. The third-order valence-electron chi connectivity index (χ3n) is 3.91. The van der Waals surface area contributed by atoms with Crippen LogP contribution in [-0.2, 0) is 11.3 Å². The monoisotopic (exact) mass is 312 g/mol. The quantitative estimate of drug-likeness (QED) is 0.837. The molecule has 5 heteroatoms. The zero-order chi connectivity index (χ0) is 15.4. The highest BCUT2D eigenvalue weighted by Gasteiger charge is 2.33. The van der Waals surface area contributed by atoms with Crippen LogP contribution in [0.2, 0.25) is 5.02 Å². The summed E-state index contributed by atoms with van der Waals surface area (Å²) in [7, 11) is 0. The second-order valence-corrected chi connectivity index (χ2v) is 6.05. The number of hydrogen-bond acceptors (Lipinski definition) is 2. The van der Waals surface area contributed by atoms with Gasteiger partial charge < -0.3 is 10.2 Å². The van der Waals surface area contributed by atoms with Crippen LogP contribution in [-0.4, -0.2) is 29.4 Å². The molecule has 0 saturated heterocycles. The summed E-state index contributed by atoms with van der Waals surface area (Å²) in [5.41, 5.74) is 0.406. The molecule has 21 heavy (non-hydrogen) atoms. The van der Waals surface area contributed by atoms with Crippen LogP contribution in [0.3, 0.4) is 0 Å². The first kappa shape index (κ1) is 16.2. The zero-order valence-electron chi connectivity index (χ0n) is 12.5. The average molecular weight is 313 g/mol. The van der Waals surface area contributed by atoms with Gasteiger partial charge >= 0.3 is 0 Å². The smallest absolute Gasteiger partial charge is 0.237 e. The van der Waals surface area contributed by atoms with Gasteiger partial charge in [0.1, 0.15) is 5.82 Å². The Morgan fingerprint density at radius 3 is 2.81 bits per heavy atom. The average Bonchev–Trinajstić information content (AvgIpc) is 3.28. The molecule has 0 radical (unpaired) electrons. The van der Waals surface area contributed by atoms with E-state index in [0.717, 1.165) is 19.3 Å². The number of rotatable bonds is 7. The third-order valence-corrected chi connectivity index (χ3v) is 4.27. The number of nitrogens with zero attached hydrogens (tertiary/aromatic N) is 1. The molecule has 0 bridgehead atoms. The molecular formula is C16H22ClFN2O. The van der Waals surface area contributed by atoms with Gasteiger partial charge in [-0.05, 0) is 38.3 Å². The van der Waals surface area contributed by atoms with Crippen molar-refractivity contribution >= 4 is 17.5 Å². The zero-order valence-corrected chi connectivity index (χ0v) is 13.3. The van der Waals surface area contributed by atoms with E-state index in [9.17, 15) is 9.18 Å². The van der Waals surface area contributed by atoms with E-state index in [2.05, 4.69) is 12.2 Å². The lowest BCUT2D eigenvalue weighted by atomic mass is 10.2. The predicted molar refractivity (Wildman–Crippen MR) is 82.7 cm³/mol. The van der Waals surface area contributed by atoms with Crippen molar-refractivity contribution < 1.29 is 9.18 Å². The molecule has 116 valence electrons. The van der Waals surface area contributed by atoms with Gasteiger partial charge in [0.05, 0.1) is 13.1 Å². The lowest BCUT2D eigenvalue weighted by Crippen LogP contribution is -2.41. The van der Waals surface area contributed by atoms with Crippen LogP contribution in [0.4, 0.5) is 4.39 Å². The second-order valence-electron chi connectivity index (χ2n) is 5.64. The van der Waals surface area contributed by atoms with Gasteiger partial charge in [0.2, 0.25) is 5.91 Å². The van der Waals surface area contributed by atoms with E-state index in [1.54, 1.807) is 17.0 Å². The van der Waals surface area contributed by atoms with Crippen molar-refractivity contribution in [2.24, 2.45) is 0 Å². The van der Waals surface area contributed by atoms with Crippen LogP contribution in [0.1, 0.15) is 38.7 Å². The number of amides is 1. The summed E-state index contributed by atoms with van der Waals surface area (Å²) >= 11 is 6.06. The van der Waals surface area contributed by atoms with Crippen LogP contribution in [0.15, 0.2) is 18.2 Å². The maximum atomic E-state index is 13.9. The SMILES string of the molecule is CCC(C)NCC(=O)N(Cc1c(F)cccc1Cl)C1CC1. The molecule has 1 aliphatic carbocycles. The van der Waals surface area contributed by atoms with Gasteiger partial charge in [0, 0.05) is 22.7 Å². The fourth-order valence-corrected chi connectivity index (χ4v) is 2.39. The van der Waals surface area contributed by atoms with Crippen molar-refractivity contribution in [1.82, 2.24) is 10.2 Å². The molecular weight excluding hydrogens is 291 g/mol. The lowest BCUT2D eigenvalue weighted by molar-refractivity contribution is -0.131. The van der Waals surface area contributed by atoms with E-state index >= 15 is 0 Å². The van der Waals surface area contributed by atoms with E-state index in [1.165, 1.54) is 6.07 Å². The normalized spacial score (nSPS) is 15.8. The van der Waals surface area contributed by atoms with E-state index in [4.69, 9.17) is 11.6 Å². The topological polar surface area (TPSA) is 32.3 Å². The number of carbonyl (C=O) groups is 1. The van der Waals surface area contributed by atoms with Crippen molar-refractivity contribution in [3.8, 4) is 0 Å². The van der Waals surface area contributed by atoms with Gasteiger partial charge in [-0.15, -0.1) is 0 Å². The first-order valence-electron chi connectivity index (χ1n) is 7.48. The largest absolute Gasteiger partial charge is 0.334 e. The van der Waals surface area contributed by atoms with Crippen molar-refractivity contribution in [3.63, 3.8) is 0 Å². The van der Waals surface area contributed by atoms with Crippen molar-refractivity contribution in [2.45, 2.75) is 51.7 Å². The number of hydrogen-bond donors (Lipinski definition) is 1. The Balaban J connectivity index is 2.04. The Kier molecular flexibility index (Phi) is 5.59. The molecule has 1 atom stereocenters. The first-order valence-corrected chi connectivity index (χ1v) is 7.86. The summed E-state index contributed by atoms with van der Waals surface area (Å²) in [6.45, 7) is 4.65. The maximum absolute atomic E-state index is 13.9. The molecule has 0 aliphatic heterocycles. The molecule has 1 amide bonds. The van der Waals surface area contributed by atoms with Crippen LogP contribution in [0.5, 0.6) is 0 Å². The molecule has 1 unspecified atom stereocenters. The van der Waals surface area contributed by atoms with Gasteiger partial charge in [-0.3, -0.25) is 4.79 Å². The minimum Gasteiger partial charge on any atom is -0.334 e. The number of benzene rings is 1. The van der Waals surface area contributed by atoms with Gasteiger partial charge in [0.15, 0.2) is 0 Å². The summed E-state index contributed by atoms with van der Waals surface area (Å²) in [5, 5.41) is 3.57. The summed E-state index contributed by atoms with van der Waals surface area (Å²) < 4.78 is 13.9. The van der Waals surface area contributed by atoms with Crippen molar-refractivity contribution in [2.75, 3.05) is 6.54 Å². The Labute approximate surface area is 130 Å². The van der Waals surface area contributed by atoms with E-state index in [-0.39, 0.29) is 30.9 Å².